The molecule has 0 saturated carbocycles. The van der Waals surface area contributed by atoms with Crippen molar-refractivity contribution in [3.05, 3.63) is 52.1 Å². The van der Waals surface area contributed by atoms with E-state index in [-0.39, 0.29) is 5.52 Å². The lowest BCUT2D eigenvalue weighted by Crippen LogP contribution is -2.21. The van der Waals surface area contributed by atoms with Gasteiger partial charge in [-0.05, 0) is 41.8 Å². The van der Waals surface area contributed by atoms with Crippen molar-refractivity contribution in [2.24, 2.45) is 5.73 Å². The van der Waals surface area contributed by atoms with Crippen molar-refractivity contribution >= 4 is 40.4 Å². The van der Waals surface area contributed by atoms with Crippen LogP contribution in [0.2, 0.25) is 0 Å². The maximum Gasteiger partial charge on any atom is 0.340 e. The first-order valence-corrected chi connectivity index (χ1v) is 6.64. The monoisotopic (exact) mass is 286 g/mol. The second-order valence-electron chi connectivity index (χ2n) is 4.05. The highest BCUT2D eigenvalue weighted by Crippen LogP contribution is 2.23. The molecule has 0 atom stereocenters. The van der Waals surface area contributed by atoms with Gasteiger partial charge in [-0.3, -0.25) is 0 Å². The largest absolute Gasteiger partial charge is 0.350 e. The van der Waals surface area contributed by atoms with Crippen molar-refractivity contribution < 1.29 is 9.18 Å². The Morgan fingerprint density at radius 2 is 2.30 bits per heavy atom. The summed E-state index contributed by atoms with van der Waals surface area (Å²) in [7, 11) is 0. The summed E-state index contributed by atoms with van der Waals surface area (Å²) in [6.07, 6.45) is 3.57. The first-order valence-electron chi connectivity index (χ1n) is 5.76. The minimum atomic E-state index is -0.823. The maximum absolute atomic E-state index is 13.8. The van der Waals surface area contributed by atoms with Crippen LogP contribution in [0, 0.1) is 11.9 Å². The highest BCUT2D eigenvalue weighted by Gasteiger charge is 2.15. The molecule has 2 heterocycles. The van der Waals surface area contributed by atoms with E-state index in [0.29, 0.717) is 11.1 Å². The van der Waals surface area contributed by atoms with Gasteiger partial charge in [-0.2, -0.15) is 9.78 Å². The first-order chi connectivity index (χ1) is 9.66. The van der Waals surface area contributed by atoms with Gasteiger partial charge in [0.2, 0.25) is 0 Å². The second kappa shape index (κ2) is 4.90. The topological polar surface area (TPSA) is 60.9 Å². The number of primary amides is 1. The summed E-state index contributed by atoms with van der Waals surface area (Å²) >= 11 is 1.57. The van der Waals surface area contributed by atoms with E-state index in [4.69, 9.17) is 5.73 Å². The number of hydrogen-bond acceptors (Lipinski definition) is 3. The molecule has 0 bridgehead atoms. The zero-order valence-corrected chi connectivity index (χ0v) is 11.0. The number of aromatic nitrogens is 2. The molecule has 2 aromatic heterocycles. The fourth-order valence-electron chi connectivity index (χ4n) is 1.92. The van der Waals surface area contributed by atoms with E-state index in [9.17, 15) is 9.18 Å². The van der Waals surface area contributed by atoms with Crippen molar-refractivity contribution in [2.75, 3.05) is 0 Å². The molecule has 1 aromatic carbocycles. The molecule has 0 fully saturated rings. The number of halogens is 1. The molecule has 1 amide bonds. The van der Waals surface area contributed by atoms with Crippen molar-refractivity contribution in [3.63, 3.8) is 0 Å². The molecule has 0 aliphatic carbocycles. The van der Waals surface area contributed by atoms with Gasteiger partial charge in [0, 0.05) is 10.3 Å². The molecule has 3 aromatic rings. The highest BCUT2D eigenvalue weighted by molar-refractivity contribution is 7.10. The summed E-state index contributed by atoms with van der Waals surface area (Å²) in [5.74, 6) is -0.579. The summed E-state index contributed by atoms with van der Waals surface area (Å²) < 4.78 is 14.7. The van der Waals surface area contributed by atoms with Crippen LogP contribution in [-0.4, -0.2) is 15.8 Å². The molecule has 0 spiro atoms. The fourth-order valence-corrected chi connectivity index (χ4v) is 2.53. The number of nitrogens with two attached hydrogens (primary N) is 1. The average molecular weight is 286 g/mol. The maximum atomic E-state index is 13.8. The molecular formula is C14H9FN3OS. The van der Waals surface area contributed by atoms with Crippen LogP contribution in [-0.2, 0) is 0 Å². The first kappa shape index (κ1) is 12.6. The Balaban J connectivity index is 2.17. The summed E-state index contributed by atoms with van der Waals surface area (Å²) in [6, 6.07) is 8.46. The lowest BCUT2D eigenvalue weighted by atomic mass is 10.2. The molecule has 1 radical (unpaired) electrons. The summed E-state index contributed by atoms with van der Waals surface area (Å²) in [6.45, 7) is 0. The van der Waals surface area contributed by atoms with Gasteiger partial charge in [0.15, 0.2) is 0 Å². The number of hydrogen-bond donors (Lipinski definition) is 1. The van der Waals surface area contributed by atoms with Gasteiger partial charge in [0.25, 0.3) is 0 Å². The Morgan fingerprint density at radius 3 is 3.00 bits per heavy atom. The third-order valence-corrected chi connectivity index (χ3v) is 3.61. The van der Waals surface area contributed by atoms with Crippen LogP contribution in [0.3, 0.4) is 0 Å². The van der Waals surface area contributed by atoms with Gasteiger partial charge in [-0.15, -0.1) is 11.3 Å². The van der Waals surface area contributed by atoms with Gasteiger partial charge in [-0.25, -0.2) is 9.18 Å². The fraction of sp³-hybridized carbons (Fsp3) is 0. The quantitative estimate of drug-likeness (QED) is 0.786. The minimum Gasteiger partial charge on any atom is -0.350 e. The zero-order valence-electron chi connectivity index (χ0n) is 10.2. The van der Waals surface area contributed by atoms with Crippen LogP contribution < -0.4 is 5.73 Å². The van der Waals surface area contributed by atoms with Crippen molar-refractivity contribution in [3.8, 4) is 0 Å². The van der Waals surface area contributed by atoms with Gasteiger partial charge in [0.1, 0.15) is 11.3 Å². The van der Waals surface area contributed by atoms with Gasteiger partial charge >= 0.3 is 6.03 Å². The summed E-state index contributed by atoms with van der Waals surface area (Å²) in [4.78, 5) is 12.4. The van der Waals surface area contributed by atoms with E-state index in [2.05, 4.69) is 11.2 Å². The standard InChI is InChI=1S/C14H9FN3OS/c15-11-5-1-4-10-12(7-6-9-3-2-8-20-9)17-18(13(10)11)14(16)19/h2-8H,(H2,16,19). The van der Waals surface area contributed by atoms with Crippen molar-refractivity contribution in [1.82, 2.24) is 9.78 Å². The second-order valence-corrected chi connectivity index (χ2v) is 5.03. The van der Waals surface area contributed by atoms with E-state index in [1.54, 1.807) is 23.5 Å². The number of amides is 1. The van der Waals surface area contributed by atoms with Crippen LogP contribution >= 0.6 is 11.3 Å². The van der Waals surface area contributed by atoms with E-state index in [0.717, 1.165) is 15.6 Å². The van der Waals surface area contributed by atoms with Crippen LogP contribution in [0.5, 0.6) is 0 Å². The molecule has 3 rings (SSSR count). The van der Waals surface area contributed by atoms with E-state index < -0.39 is 11.8 Å². The Bertz CT molecular complexity index is 805. The number of thiophene rings is 1. The summed E-state index contributed by atoms with van der Waals surface area (Å²) in [5, 5.41) is 6.50. The zero-order chi connectivity index (χ0) is 14.1. The molecule has 6 heteroatoms. The predicted molar refractivity (Wildman–Crippen MR) is 76.8 cm³/mol. The minimum absolute atomic E-state index is 0.0714. The smallest absolute Gasteiger partial charge is 0.340 e. The van der Waals surface area contributed by atoms with Gasteiger partial charge in [-0.1, -0.05) is 6.07 Å². The van der Waals surface area contributed by atoms with Gasteiger partial charge < -0.3 is 5.73 Å². The Labute approximate surface area is 117 Å². The number of nitrogens with zero attached hydrogens (tertiary/aromatic N) is 2. The van der Waals surface area contributed by atoms with Crippen molar-refractivity contribution in [1.29, 1.82) is 0 Å². The number of carbonyl (C=O) groups excluding carboxylic acids is 1. The normalized spacial score (nSPS) is 11.4. The van der Waals surface area contributed by atoms with E-state index in [1.165, 1.54) is 0 Å². The summed E-state index contributed by atoms with van der Waals surface area (Å²) in [5.41, 5.74) is 5.76. The van der Waals surface area contributed by atoms with E-state index >= 15 is 0 Å². The lowest BCUT2D eigenvalue weighted by Gasteiger charge is -1.96. The SMILES string of the molecule is NC(=O)n1nc(C=Cc2cccs2)c2c[c]cc(F)c21. The molecule has 0 aliphatic rings. The third-order valence-electron chi connectivity index (χ3n) is 2.77. The molecule has 4 nitrogen and oxygen atoms in total. The number of carbonyl (C=O) groups is 1. The van der Waals surface area contributed by atoms with E-state index in [1.807, 2.05) is 23.6 Å². The number of rotatable bonds is 2. The molecule has 2 N–H and O–H groups in total. The third kappa shape index (κ3) is 2.10. The molecule has 0 aliphatic heterocycles. The Kier molecular flexibility index (Phi) is 3.08. The number of fused-ring (bicyclic) bond motifs is 1. The molecule has 99 valence electrons. The molecule has 20 heavy (non-hydrogen) atoms. The van der Waals surface area contributed by atoms with Crippen LogP contribution in [0.25, 0.3) is 23.1 Å². The number of benzene rings is 1. The highest BCUT2D eigenvalue weighted by atomic mass is 32.1. The van der Waals surface area contributed by atoms with Gasteiger partial charge in [0.05, 0.1) is 5.69 Å². The van der Waals surface area contributed by atoms with Crippen molar-refractivity contribution in [2.45, 2.75) is 0 Å². The predicted octanol–water partition coefficient (Wildman–Crippen LogP) is 3.13. The van der Waals surface area contributed by atoms with Crippen LogP contribution in [0.4, 0.5) is 9.18 Å². The molecule has 0 saturated heterocycles. The Hall–Kier alpha value is -2.47. The van der Waals surface area contributed by atoms with Crippen LogP contribution in [0.15, 0.2) is 29.6 Å². The average Bonchev–Trinajstić information content (AvgIpc) is 3.04. The molecule has 0 unspecified atom stereocenters. The Morgan fingerprint density at radius 1 is 1.45 bits per heavy atom. The lowest BCUT2D eigenvalue weighted by molar-refractivity contribution is 0.248. The van der Waals surface area contributed by atoms with Crippen LogP contribution in [0.1, 0.15) is 10.6 Å². The molecular weight excluding hydrogens is 277 g/mol.